The maximum atomic E-state index is 13.6. The number of carbonyl (C=O) groups is 2. The Kier molecular flexibility index (Phi) is 10.2. The number of dihydropyridines is 1. The van der Waals surface area contributed by atoms with Crippen LogP contribution in [0.4, 0.5) is 5.69 Å². The van der Waals surface area contributed by atoms with Crippen molar-refractivity contribution >= 4 is 29.2 Å². The van der Waals surface area contributed by atoms with E-state index in [0.717, 1.165) is 37.5 Å². The fourth-order valence-electron chi connectivity index (χ4n) is 6.76. The van der Waals surface area contributed by atoms with E-state index in [0.29, 0.717) is 23.4 Å². The zero-order chi connectivity index (χ0) is 32.8. The first-order chi connectivity index (χ1) is 22.1. The van der Waals surface area contributed by atoms with Crippen molar-refractivity contribution in [3.05, 3.63) is 133 Å². The van der Waals surface area contributed by atoms with Crippen molar-refractivity contribution in [3.8, 4) is 0 Å². The second-order valence-electron chi connectivity index (χ2n) is 11.8. The molecule has 0 radical (unpaired) electrons. The smallest absolute Gasteiger partial charge is 0.336 e. The molecule has 0 spiro atoms. The summed E-state index contributed by atoms with van der Waals surface area (Å²) in [6, 6.07) is 24.7. The van der Waals surface area contributed by atoms with Crippen molar-refractivity contribution in [2.45, 2.75) is 44.4 Å². The lowest BCUT2D eigenvalue weighted by molar-refractivity contribution is -0.384. The molecule has 3 aromatic rings. The number of nitrogens with one attached hydrogen (secondary N) is 1. The molecule has 2 aliphatic rings. The molecule has 240 valence electrons. The number of halogens is 1. The Morgan fingerprint density at radius 3 is 2.20 bits per heavy atom. The van der Waals surface area contributed by atoms with Gasteiger partial charge in [-0.1, -0.05) is 66.2 Å². The second kappa shape index (κ2) is 14.3. The van der Waals surface area contributed by atoms with Crippen molar-refractivity contribution < 1.29 is 24.0 Å². The van der Waals surface area contributed by atoms with Gasteiger partial charge in [0.2, 0.25) is 0 Å². The fourth-order valence-corrected chi connectivity index (χ4v) is 6.88. The molecule has 10 heteroatoms. The van der Waals surface area contributed by atoms with E-state index < -0.39 is 22.8 Å². The monoisotopic (exact) mass is 643 g/mol. The number of piperidine rings is 1. The maximum absolute atomic E-state index is 13.6. The molecule has 0 aliphatic carbocycles. The van der Waals surface area contributed by atoms with Crippen LogP contribution in [0.5, 0.6) is 0 Å². The summed E-state index contributed by atoms with van der Waals surface area (Å²) in [5.41, 5.74) is 4.19. The van der Waals surface area contributed by atoms with Crippen molar-refractivity contribution in [2.75, 3.05) is 33.4 Å². The van der Waals surface area contributed by atoms with E-state index in [2.05, 4.69) is 46.6 Å². The largest absolute Gasteiger partial charge is 0.466 e. The van der Waals surface area contributed by atoms with Crippen LogP contribution in [0.3, 0.4) is 0 Å². The van der Waals surface area contributed by atoms with Crippen molar-refractivity contribution in [1.29, 1.82) is 0 Å². The second-order valence-corrected chi connectivity index (χ2v) is 12.2. The average molecular weight is 644 g/mol. The maximum Gasteiger partial charge on any atom is 0.336 e. The van der Waals surface area contributed by atoms with Crippen LogP contribution in [0.15, 0.2) is 101 Å². The van der Waals surface area contributed by atoms with Crippen molar-refractivity contribution in [1.82, 2.24) is 10.2 Å². The molecule has 3 aromatic carbocycles. The molecule has 1 atom stereocenters. The highest BCUT2D eigenvalue weighted by atomic mass is 35.5. The third-order valence-corrected chi connectivity index (χ3v) is 9.34. The molecule has 1 saturated heterocycles. The van der Waals surface area contributed by atoms with Crippen LogP contribution in [0.1, 0.15) is 55.7 Å². The van der Waals surface area contributed by atoms with Gasteiger partial charge in [0.05, 0.1) is 35.7 Å². The van der Waals surface area contributed by atoms with Crippen LogP contribution in [-0.4, -0.2) is 55.1 Å². The Morgan fingerprint density at radius 2 is 1.57 bits per heavy atom. The highest BCUT2D eigenvalue weighted by molar-refractivity contribution is 6.30. The number of esters is 2. The number of non-ortho nitro benzene ring substituents is 1. The van der Waals surface area contributed by atoms with Gasteiger partial charge in [-0.05, 0) is 75.0 Å². The van der Waals surface area contributed by atoms with E-state index in [1.54, 1.807) is 19.9 Å². The number of nitrogens with zero attached hydrogens (tertiary/aromatic N) is 2. The van der Waals surface area contributed by atoms with Gasteiger partial charge < -0.3 is 19.7 Å². The highest BCUT2D eigenvalue weighted by Gasteiger charge is 2.39. The Labute approximate surface area is 274 Å². The van der Waals surface area contributed by atoms with Gasteiger partial charge in [-0.25, -0.2) is 9.59 Å². The van der Waals surface area contributed by atoms with Crippen LogP contribution in [0.25, 0.3) is 0 Å². The highest BCUT2D eigenvalue weighted by Crippen LogP contribution is 2.43. The molecule has 1 unspecified atom stereocenters. The van der Waals surface area contributed by atoms with Gasteiger partial charge in [0.25, 0.3) is 5.69 Å². The van der Waals surface area contributed by atoms with E-state index in [4.69, 9.17) is 21.1 Å². The van der Waals surface area contributed by atoms with Crippen LogP contribution < -0.4 is 5.32 Å². The molecule has 0 saturated carbocycles. The molecule has 5 rings (SSSR count). The molecule has 0 aromatic heterocycles. The molecule has 2 heterocycles. The lowest BCUT2D eigenvalue weighted by Gasteiger charge is -2.43. The predicted octanol–water partition coefficient (Wildman–Crippen LogP) is 6.67. The van der Waals surface area contributed by atoms with Gasteiger partial charge in [-0.3, -0.25) is 10.1 Å². The summed E-state index contributed by atoms with van der Waals surface area (Å²) in [5, 5.41) is 15.3. The fraction of sp³-hybridized carbons (Fsp3) is 0.333. The number of carbonyl (C=O) groups excluding carboxylic acids is 2. The summed E-state index contributed by atoms with van der Waals surface area (Å²) in [4.78, 5) is 39.9. The third-order valence-electron chi connectivity index (χ3n) is 9.08. The number of nitro groups is 1. The number of likely N-dealkylation sites (tertiary alicyclic amines) is 1. The number of rotatable bonds is 10. The number of allylic oxidation sites excluding steroid dienone is 2. The quantitative estimate of drug-likeness (QED) is 0.113. The van der Waals surface area contributed by atoms with Gasteiger partial charge in [0.15, 0.2) is 0 Å². The predicted molar refractivity (Wildman–Crippen MR) is 176 cm³/mol. The molecule has 0 bridgehead atoms. The van der Waals surface area contributed by atoms with Gasteiger partial charge in [0, 0.05) is 40.5 Å². The van der Waals surface area contributed by atoms with E-state index in [1.807, 2.05) is 18.2 Å². The molecule has 2 aliphatic heterocycles. The van der Waals surface area contributed by atoms with Gasteiger partial charge in [-0.15, -0.1) is 0 Å². The summed E-state index contributed by atoms with van der Waals surface area (Å²) < 4.78 is 10.8. The summed E-state index contributed by atoms with van der Waals surface area (Å²) in [5.74, 6) is -2.10. The molecule has 46 heavy (non-hydrogen) atoms. The van der Waals surface area contributed by atoms with Gasteiger partial charge in [0.1, 0.15) is 0 Å². The number of nitro benzene ring substituents is 1. The minimum absolute atomic E-state index is 0.0999. The number of methoxy groups -OCH3 is 1. The van der Waals surface area contributed by atoms with E-state index in [9.17, 15) is 19.7 Å². The third kappa shape index (κ3) is 6.85. The number of benzene rings is 3. The van der Waals surface area contributed by atoms with E-state index >= 15 is 0 Å². The average Bonchev–Trinajstić information content (AvgIpc) is 3.07. The van der Waals surface area contributed by atoms with Gasteiger partial charge in [-0.2, -0.15) is 0 Å². The summed E-state index contributed by atoms with van der Waals surface area (Å²) in [7, 11) is 1.26. The van der Waals surface area contributed by atoms with E-state index in [-0.39, 0.29) is 28.9 Å². The van der Waals surface area contributed by atoms with Crippen LogP contribution in [0, 0.1) is 10.1 Å². The molecule has 9 nitrogen and oxygen atoms in total. The normalized spacial score (nSPS) is 18.1. The molecule has 0 amide bonds. The van der Waals surface area contributed by atoms with E-state index in [1.165, 1.54) is 36.4 Å². The van der Waals surface area contributed by atoms with Crippen LogP contribution in [-0.2, 0) is 24.5 Å². The Morgan fingerprint density at radius 1 is 0.935 bits per heavy atom. The van der Waals surface area contributed by atoms with Crippen LogP contribution in [0.2, 0.25) is 5.02 Å². The first kappa shape index (κ1) is 32.9. The summed E-state index contributed by atoms with van der Waals surface area (Å²) in [6.07, 6.45) is 2.52. The zero-order valence-electron chi connectivity index (χ0n) is 26.3. The summed E-state index contributed by atoms with van der Waals surface area (Å²) in [6.45, 7) is 6.16. The Hall–Kier alpha value is -4.47. The summed E-state index contributed by atoms with van der Waals surface area (Å²) >= 11 is 6.21. The lowest BCUT2D eigenvalue weighted by atomic mass is 9.68. The minimum atomic E-state index is -0.887. The van der Waals surface area contributed by atoms with Crippen LogP contribution >= 0.6 is 11.6 Å². The first-order valence-electron chi connectivity index (χ1n) is 15.4. The minimum Gasteiger partial charge on any atom is -0.466 e. The van der Waals surface area contributed by atoms with Crippen molar-refractivity contribution in [2.24, 2.45) is 0 Å². The SMILES string of the molecule is COC(=O)C1=C(C)NC(C)=C(C(=O)OCCCN2CCC(c3ccccc3)(c3ccc(Cl)cc3)CC2)C1c1cccc([N+](=O)[O-])c1. The number of ether oxygens (including phenoxy) is 2. The van der Waals surface area contributed by atoms with Gasteiger partial charge >= 0.3 is 11.9 Å². The Bertz CT molecular complexity index is 1660. The first-order valence-corrected chi connectivity index (χ1v) is 15.7. The molecule has 1 N–H and O–H groups in total. The lowest BCUT2D eigenvalue weighted by Crippen LogP contribution is -2.43. The topological polar surface area (TPSA) is 111 Å². The number of hydrogen-bond donors (Lipinski definition) is 1. The van der Waals surface area contributed by atoms with Crippen molar-refractivity contribution in [3.63, 3.8) is 0 Å². The standard InChI is InChI=1S/C36H38ClN3O6/c1-24-31(34(41)45-3)33(26-9-7-12-30(23-26)40(43)44)32(25(2)38-24)35(42)46-22-8-19-39-20-17-36(18-21-39,27-10-5-4-6-11-27)28-13-15-29(37)16-14-28/h4-7,9-16,23,33,38H,8,17-22H2,1-3H3. The molecular formula is C36H38ClN3O6. The Balaban J connectivity index is 1.25. The zero-order valence-corrected chi connectivity index (χ0v) is 27.0. The number of hydrogen-bond acceptors (Lipinski definition) is 8. The molecular weight excluding hydrogens is 606 g/mol. The molecule has 1 fully saturated rings.